The zero-order chi connectivity index (χ0) is 22.5. The first-order chi connectivity index (χ1) is 15.6. The Morgan fingerprint density at radius 3 is 2.75 bits per heavy atom. The molecule has 0 radical (unpaired) electrons. The van der Waals surface area contributed by atoms with Crippen LogP contribution in [0.4, 0.5) is 5.69 Å². The predicted octanol–water partition coefficient (Wildman–Crippen LogP) is 3.72. The molecule has 0 spiro atoms. The summed E-state index contributed by atoms with van der Waals surface area (Å²) in [6, 6.07) is 6.35. The van der Waals surface area contributed by atoms with Crippen LogP contribution in [0.2, 0.25) is 0 Å². The molecule has 1 aliphatic carbocycles. The first kappa shape index (κ1) is 22.3. The second-order valence-electron chi connectivity index (χ2n) is 8.54. The molecule has 1 amide bonds. The Bertz CT molecular complexity index is 970. The first-order valence-electron chi connectivity index (χ1n) is 11.5. The van der Waals surface area contributed by atoms with Gasteiger partial charge in [0.2, 0.25) is 0 Å². The van der Waals surface area contributed by atoms with E-state index in [1.165, 1.54) is 0 Å². The standard InChI is InChI=1S/C26H32N2O4/c1-3-28(19-10-13-31-14-11-19)23-9-6-8-21-20(23)7-4-5-12-32-25-16-18(2)15-24(29)22(25)17-27-26(21)30/h4-6,8-9,16,19H,3,7,10-15,17H2,1-2H3,(H,27,30)/b5-4-. The molecule has 32 heavy (non-hydrogen) atoms. The van der Waals surface area contributed by atoms with Crippen LogP contribution in [0.5, 0.6) is 0 Å². The summed E-state index contributed by atoms with van der Waals surface area (Å²) in [6.07, 6.45) is 8.90. The van der Waals surface area contributed by atoms with Crippen molar-refractivity contribution in [3.63, 3.8) is 0 Å². The second kappa shape index (κ2) is 10.2. The Balaban J connectivity index is 1.68. The number of fused-ring (bicyclic) bond motifs is 1. The van der Waals surface area contributed by atoms with Crippen LogP contribution in [0, 0.1) is 0 Å². The zero-order valence-corrected chi connectivity index (χ0v) is 19.0. The lowest BCUT2D eigenvalue weighted by Crippen LogP contribution is -2.40. The van der Waals surface area contributed by atoms with E-state index >= 15 is 0 Å². The summed E-state index contributed by atoms with van der Waals surface area (Å²) >= 11 is 0. The Morgan fingerprint density at radius 2 is 1.97 bits per heavy atom. The fraction of sp³-hybridized carbons (Fsp3) is 0.462. The summed E-state index contributed by atoms with van der Waals surface area (Å²) in [4.78, 5) is 28.2. The molecule has 1 aromatic carbocycles. The van der Waals surface area contributed by atoms with Gasteiger partial charge in [-0.05, 0) is 56.9 Å². The molecule has 1 N–H and O–H groups in total. The van der Waals surface area contributed by atoms with Gasteiger partial charge in [-0.2, -0.15) is 0 Å². The van der Waals surface area contributed by atoms with Crippen molar-refractivity contribution in [3.05, 3.63) is 64.5 Å². The van der Waals surface area contributed by atoms with Gasteiger partial charge in [0.25, 0.3) is 5.91 Å². The molecule has 1 saturated heterocycles. The van der Waals surface area contributed by atoms with Gasteiger partial charge in [0.1, 0.15) is 12.4 Å². The number of amides is 1. The Kier molecular flexibility index (Phi) is 7.10. The van der Waals surface area contributed by atoms with Crippen LogP contribution in [-0.2, 0) is 20.7 Å². The Morgan fingerprint density at radius 1 is 1.16 bits per heavy atom. The number of ketones is 1. The number of allylic oxidation sites excluding steroid dienone is 3. The van der Waals surface area contributed by atoms with Crippen LogP contribution in [-0.4, -0.2) is 50.6 Å². The van der Waals surface area contributed by atoms with E-state index < -0.39 is 0 Å². The molecular weight excluding hydrogens is 404 g/mol. The minimum Gasteiger partial charge on any atom is -0.489 e. The monoisotopic (exact) mass is 436 g/mol. The number of anilines is 1. The van der Waals surface area contributed by atoms with Gasteiger partial charge in [-0.1, -0.05) is 23.8 Å². The number of ether oxygens (including phenoxy) is 2. The van der Waals surface area contributed by atoms with Crippen molar-refractivity contribution in [1.82, 2.24) is 5.32 Å². The molecule has 170 valence electrons. The predicted molar refractivity (Wildman–Crippen MR) is 125 cm³/mol. The summed E-state index contributed by atoms with van der Waals surface area (Å²) in [6.45, 7) is 7.05. The van der Waals surface area contributed by atoms with Crippen LogP contribution >= 0.6 is 0 Å². The van der Waals surface area contributed by atoms with E-state index in [9.17, 15) is 9.59 Å². The summed E-state index contributed by atoms with van der Waals surface area (Å²) in [5.41, 5.74) is 4.28. The second-order valence-corrected chi connectivity index (χ2v) is 8.54. The maximum Gasteiger partial charge on any atom is 0.251 e. The quantitative estimate of drug-likeness (QED) is 0.732. The highest BCUT2D eigenvalue weighted by molar-refractivity contribution is 6.02. The number of carbonyl (C=O) groups is 2. The molecule has 0 aromatic heterocycles. The summed E-state index contributed by atoms with van der Waals surface area (Å²) in [5, 5.41) is 2.98. The lowest BCUT2D eigenvalue weighted by Gasteiger charge is -2.37. The fourth-order valence-electron chi connectivity index (χ4n) is 4.74. The van der Waals surface area contributed by atoms with E-state index in [-0.39, 0.29) is 18.2 Å². The lowest BCUT2D eigenvalue weighted by atomic mass is 9.95. The number of nitrogens with zero attached hydrogens (tertiary/aromatic N) is 1. The molecule has 6 nitrogen and oxygen atoms in total. The van der Waals surface area contributed by atoms with Gasteiger partial charge in [0.05, 0.1) is 12.1 Å². The van der Waals surface area contributed by atoms with Crippen molar-refractivity contribution in [2.24, 2.45) is 0 Å². The third-order valence-corrected chi connectivity index (χ3v) is 6.38. The third-order valence-electron chi connectivity index (χ3n) is 6.38. The van der Waals surface area contributed by atoms with Gasteiger partial charge in [-0.3, -0.25) is 9.59 Å². The van der Waals surface area contributed by atoms with E-state index in [4.69, 9.17) is 9.47 Å². The Hall–Kier alpha value is -2.86. The lowest BCUT2D eigenvalue weighted by molar-refractivity contribution is -0.115. The SMILES string of the molecule is CCN(c1cccc2c1C/C=C\COC1=C(CNC2=O)C(=O)CC(C)=C1)C1CCOCC1. The molecule has 2 heterocycles. The molecule has 1 aromatic rings. The van der Waals surface area contributed by atoms with E-state index in [1.54, 1.807) is 0 Å². The van der Waals surface area contributed by atoms with Crippen molar-refractivity contribution < 1.29 is 19.1 Å². The highest BCUT2D eigenvalue weighted by atomic mass is 16.5. The van der Waals surface area contributed by atoms with E-state index in [0.717, 1.165) is 49.4 Å². The largest absolute Gasteiger partial charge is 0.489 e. The van der Waals surface area contributed by atoms with E-state index in [1.807, 2.05) is 31.2 Å². The molecule has 6 heteroatoms. The van der Waals surface area contributed by atoms with Crippen molar-refractivity contribution in [3.8, 4) is 0 Å². The molecule has 0 bridgehead atoms. The zero-order valence-electron chi connectivity index (χ0n) is 19.0. The van der Waals surface area contributed by atoms with Crippen LogP contribution in [0.3, 0.4) is 0 Å². The molecule has 0 atom stereocenters. The minimum atomic E-state index is -0.162. The van der Waals surface area contributed by atoms with Gasteiger partial charge in [0, 0.05) is 43.5 Å². The number of rotatable bonds is 3. The maximum absolute atomic E-state index is 13.2. The molecule has 2 aliphatic heterocycles. The van der Waals surface area contributed by atoms with Crippen molar-refractivity contribution >= 4 is 17.4 Å². The molecule has 4 rings (SSSR count). The van der Waals surface area contributed by atoms with E-state index in [0.29, 0.717) is 42.4 Å². The fourth-order valence-corrected chi connectivity index (χ4v) is 4.74. The number of carbonyl (C=O) groups excluding carboxylic acids is 2. The third kappa shape index (κ3) is 4.80. The smallest absolute Gasteiger partial charge is 0.251 e. The van der Waals surface area contributed by atoms with Crippen LogP contribution in [0.15, 0.2) is 53.3 Å². The van der Waals surface area contributed by atoms with Crippen LogP contribution < -0.4 is 10.2 Å². The highest BCUT2D eigenvalue weighted by Crippen LogP contribution is 2.30. The normalized spacial score (nSPS) is 21.2. The summed E-state index contributed by atoms with van der Waals surface area (Å²) < 4.78 is 11.5. The molecule has 0 unspecified atom stereocenters. The van der Waals surface area contributed by atoms with E-state index in [2.05, 4.69) is 29.3 Å². The number of hydrogen-bond donors (Lipinski definition) is 1. The average molecular weight is 437 g/mol. The van der Waals surface area contributed by atoms with Crippen molar-refractivity contribution in [2.75, 3.05) is 37.8 Å². The first-order valence-corrected chi connectivity index (χ1v) is 11.5. The summed E-state index contributed by atoms with van der Waals surface area (Å²) in [7, 11) is 0. The molecule has 3 aliphatic rings. The van der Waals surface area contributed by atoms with Gasteiger partial charge in [-0.15, -0.1) is 0 Å². The maximum atomic E-state index is 13.2. The van der Waals surface area contributed by atoms with Gasteiger partial charge in [0.15, 0.2) is 5.78 Å². The van der Waals surface area contributed by atoms with Gasteiger partial charge < -0.3 is 19.7 Å². The minimum absolute atomic E-state index is 0.00647. The number of Topliss-reactive ketones (excluding diaryl/α,β-unsaturated/α-hetero) is 1. The average Bonchev–Trinajstić information content (AvgIpc) is 2.79. The molecular formula is C26H32N2O4. The number of hydrogen-bond acceptors (Lipinski definition) is 5. The Labute approximate surface area is 190 Å². The summed E-state index contributed by atoms with van der Waals surface area (Å²) in [5.74, 6) is 0.409. The number of benzene rings is 1. The van der Waals surface area contributed by atoms with Gasteiger partial charge in [-0.25, -0.2) is 0 Å². The molecule has 0 saturated carbocycles. The number of nitrogens with one attached hydrogen (secondary N) is 1. The topological polar surface area (TPSA) is 67.9 Å². The van der Waals surface area contributed by atoms with Gasteiger partial charge >= 0.3 is 0 Å². The van der Waals surface area contributed by atoms with Crippen LogP contribution in [0.25, 0.3) is 0 Å². The highest BCUT2D eigenvalue weighted by Gasteiger charge is 2.26. The molecule has 1 fully saturated rings. The van der Waals surface area contributed by atoms with Crippen LogP contribution in [0.1, 0.15) is 49.0 Å². The van der Waals surface area contributed by atoms with Crippen molar-refractivity contribution in [2.45, 2.75) is 45.6 Å². The van der Waals surface area contributed by atoms with Crippen molar-refractivity contribution in [1.29, 1.82) is 0 Å².